The van der Waals surface area contributed by atoms with Crippen LogP contribution in [-0.4, -0.2) is 41.9 Å². The average Bonchev–Trinajstić information content (AvgIpc) is 2.35. The normalized spacial score (nSPS) is 21.2. The summed E-state index contributed by atoms with van der Waals surface area (Å²) < 4.78 is 41.9. The van der Waals surface area contributed by atoms with Gasteiger partial charge in [0.1, 0.15) is 6.04 Å². The summed E-state index contributed by atoms with van der Waals surface area (Å²) in [5, 5.41) is 10.6. The maximum Gasteiger partial charge on any atom is 0.391 e. The Labute approximate surface area is 114 Å². The molecule has 0 spiro atoms. The van der Waals surface area contributed by atoms with Gasteiger partial charge in [0.2, 0.25) is 5.91 Å². The van der Waals surface area contributed by atoms with E-state index < -0.39 is 30.5 Å². The van der Waals surface area contributed by atoms with Crippen molar-refractivity contribution in [2.45, 2.75) is 56.8 Å². The Kier molecular flexibility index (Phi) is 6.25. The van der Waals surface area contributed by atoms with Crippen molar-refractivity contribution in [3.63, 3.8) is 0 Å². The topological polar surface area (TPSA) is 75.6 Å². The fraction of sp³-hybridized carbons (Fsp3) is 0.833. The Morgan fingerprint density at radius 2 is 2.05 bits per heavy atom. The van der Waals surface area contributed by atoms with Crippen molar-refractivity contribution in [2.75, 3.05) is 6.61 Å². The number of alkyl halides is 3. The number of carboxylic acid groups (broad SMARTS) is 1. The first-order chi connectivity index (χ1) is 9.28. The third-order valence-electron chi connectivity index (χ3n) is 3.04. The Balaban J connectivity index is 2.35. The molecule has 2 N–H and O–H groups in total. The number of ether oxygens (including phenoxy) is 1. The molecule has 1 aliphatic rings. The lowest BCUT2D eigenvalue weighted by molar-refractivity contribution is -0.160. The number of aliphatic carboxylic acids is 1. The van der Waals surface area contributed by atoms with Crippen LogP contribution in [0.5, 0.6) is 0 Å². The van der Waals surface area contributed by atoms with E-state index in [1.165, 1.54) is 0 Å². The maximum atomic E-state index is 12.2. The molecule has 1 rings (SSSR count). The second-order valence-corrected chi connectivity index (χ2v) is 4.80. The molecule has 2 atom stereocenters. The van der Waals surface area contributed by atoms with E-state index in [2.05, 4.69) is 0 Å². The number of rotatable bonds is 6. The van der Waals surface area contributed by atoms with Gasteiger partial charge in [-0.25, -0.2) is 4.79 Å². The van der Waals surface area contributed by atoms with Crippen LogP contribution in [0.15, 0.2) is 0 Å². The fourth-order valence-electron chi connectivity index (χ4n) is 2.03. The second-order valence-electron chi connectivity index (χ2n) is 4.80. The van der Waals surface area contributed by atoms with Gasteiger partial charge in [-0.15, -0.1) is 0 Å². The molecule has 1 aliphatic heterocycles. The third-order valence-corrected chi connectivity index (χ3v) is 3.04. The van der Waals surface area contributed by atoms with Crippen LogP contribution in [0.2, 0.25) is 0 Å². The summed E-state index contributed by atoms with van der Waals surface area (Å²) in [6.07, 6.45) is -3.14. The highest BCUT2D eigenvalue weighted by Crippen LogP contribution is 2.22. The quantitative estimate of drug-likeness (QED) is 0.784. The van der Waals surface area contributed by atoms with E-state index in [1.807, 2.05) is 5.32 Å². The van der Waals surface area contributed by atoms with Crippen molar-refractivity contribution < 1.29 is 32.6 Å². The fourth-order valence-corrected chi connectivity index (χ4v) is 2.03. The lowest BCUT2D eigenvalue weighted by Gasteiger charge is -2.22. The Bertz CT molecular complexity index is 340. The lowest BCUT2D eigenvalue weighted by Crippen LogP contribution is -2.43. The minimum atomic E-state index is -4.64. The van der Waals surface area contributed by atoms with E-state index in [9.17, 15) is 22.8 Å². The number of carbonyl (C=O) groups excluding carboxylic acids is 1. The summed E-state index contributed by atoms with van der Waals surface area (Å²) in [7, 11) is 0. The largest absolute Gasteiger partial charge is 0.480 e. The summed E-state index contributed by atoms with van der Waals surface area (Å²) in [4.78, 5) is 22.2. The van der Waals surface area contributed by atoms with Crippen molar-refractivity contribution >= 4 is 11.9 Å². The number of hydrogen-bond donors (Lipinski definition) is 2. The van der Waals surface area contributed by atoms with E-state index in [0.29, 0.717) is 13.0 Å². The summed E-state index contributed by atoms with van der Waals surface area (Å²) in [5.41, 5.74) is 0. The molecule has 0 aromatic heterocycles. The van der Waals surface area contributed by atoms with Crippen molar-refractivity contribution in [3.8, 4) is 0 Å². The lowest BCUT2D eigenvalue weighted by atomic mass is 10.0. The molecule has 0 aliphatic carbocycles. The van der Waals surface area contributed by atoms with Gasteiger partial charge in [0, 0.05) is 13.0 Å². The highest BCUT2D eigenvalue weighted by Gasteiger charge is 2.36. The van der Waals surface area contributed by atoms with Gasteiger partial charge in [-0.1, -0.05) is 0 Å². The van der Waals surface area contributed by atoms with Crippen LogP contribution < -0.4 is 5.32 Å². The molecule has 116 valence electrons. The number of carbonyl (C=O) groups is 2. The number of halogens is 3. The first-order valence-corrected chi connectivity index (χ1v) is 6.48. The first-order valence-electron chi connectivity index (χ1n) is 6.48. The number of amides is 1. The molecule has 20 heavy (non-hydrogen) atoms. The highest BCUT2D eigenvalue weighted by molar-refractivity contribution is 5.83. The third kappa shape index (κ3) is 6.74. The van der Waals surface area contributed by atoms with Gasteiger partial charge >= 0.3 is 12.1 Å². The molecule has 0 saturated carbocycles. The highest BCUT2D eigenvalue weighted by atomic mass is 19.4. The molecule has 1 saturated heterocycles. The van der Waals surface area contributed by atoms with Gasteiger partial charge in [0.25, 0.3) is 0 Å². The molecule has 5 nitrogen and oxygen atoms in total. The van der Waals surface area contributed by atoms with Gasteiger partial charge < -0.3 is 15.2 Å². The molecule has 0 aromatic carbocycles. The number of hydrogen-bond acceptors (Lipinski definition) is 3. The minimum Gasteiger partial charge on any atom is -0.480 e. The molecule has 1 fully saturated rings. The molecule has 0 aromatic rings. The smallest absolute Gasteiger partial charge is 0.391 e. The molecule has 0 bridgehead atoms. The van der Waals surface area contributed by atoms with Crippen molar-refractivity contribution in [1.82, 2.24) is 5.32 Å². The van der Waals surface area contributed by atoms with Crippen molar-refractivity contribution in [1.29, 1.82) is 0 Å². The predicted octanol–water partition coefficient (Wildman–Crippen LogP) is 1.86. The predicted molar refractivity (Wildman–Crippen MR) is 63.1 cm³/mol. The molecule has 1 amide bonds. The average molecular weight is 297 g/mol. The van der Waals surface area contributed by atoms with Crippen molar-refractivity contribution in [2.24, 2.45) is 0 Å². The molecule has 8 heteroatoms. The SMILES string of the molecule is O=C(CCC1CCCCO1)NC(CC(F)(F)F)C(=O)O. The zero-order chi connectivity index (χ0) is 15.2. The van der Waals surface area contributed by atoms with Crippen LogP contribution in [0.4, 0.5) is 13.2 Å². The van der Waals surface area contributed by atoms with Crippen LogP contribution in [0, 0.1) is 0 Å². The van der Waals surface area contributed by atoms with E-state index >= 15 is 0 Å². The van der Waals surface area contributed by atoms with E-state index in [1.54, 1.807) is 0 Å². The molecule has 0 radical (unpaired) electrons. The van der Waals surface area contributed by atoms with Crippen LogP contribution in [0.25, 0.3) is 0 Å². The molecular formula is C12H18F3NO4. The number of carboxylic acids is 1. The van der Waals surface area contributed by atoms with E-state index in [-0.39, 0.29) is 12.5 Å². The van der Waals surface area contributed by atoms with E-state index in [0.717, 1.165) is 19.3 Å². The van der Waals surface area contributed by atoms with Crippen LogP contribution in [0.3, 0.4) is 0 Å². The number of nitrogens with one attached hydrogen (secondary N) is 1. The zero-order valence-corrected chi connectivity index (χ0v) is 10.9. The molecule has 2 unspecified atom stereocenters. The van der Waals surface area contributed by atoms with Gasteiger partial charge in [-0.05, 0) is 25.7 Å². The van der Waals surface area contributed by atoms with Gasteiger partial charge in [-0.2, -0.15) is 13.2 Å². The Hall–Kier alpha value is -1.31. The van der Waals surface area contributed by atoms with Gasteiger partial charge in [0.05, 0.1) is 12.5 Å². The van der Waals surface area contributed by atoms with Crippen LogP contribution in [-0.2, 0) is 14.3 Å². The zero-order valence-electron chi connectivity index (χ0n) is 10.9. The molecule has 1 heterocycles. The Morgan fingerprint density at radius 3 is 2.55 bits per heavy atom. The summed E-state index contributed by atoms with van der Waals surface area (Å²) in [6, 6.07) is -1.94. The first kappa shape index (κ1) is 16.7. The van der Waals surface area contributed by atoms with E-state index in [4.69, 9.17) is 9.84 Å². The summed E-state index contributed by atoms with van der Waals surface area (Å²) >= 11 is 0. The minimum absolute atomic E-state index is 0.0354. The molecular weight excluding hydrogens is 279 g/mol. The standard InChI is InChI=1S/C12H18F3NO4/c13-12(14,15)7-9(11(18)19)16-10(17)5-4-8-3-1-2-6-20-8/h8-9H,1-7H2,(H,16,17)(H,18,19). The van der Waals surface area contributed by atoms with Gasteiger partial charge in [0.15, 0.2) is 0 Å². The second kappa shape index (κ2) is 7.47. The van der Waals surface area contributed by atoms with Gasteiger partial charge in [-0.3, -0.25) is 4.79 Å². The van der Waals surface area contributed by atoms with Crippen LogP contribution >= 0.6 is 0 Å². The maximum absolute atomic E-state index is 12.2. The summed E-state index contributed by atoms with van der Waals surface area (Å²) in [6.45, 7) is 0.623. The summed E-state index contributed by atoms with van der Waals surface area (Å²) in [5.74, 6) is -2.39. The Morgan fingerprint density at radius 1 is 1.35 bits per heavy atom. The van der Waals surface area contributed by atoms with Crippen LogP contribution in [0.1, 0.15) is 38.5 Å². The van der Waals surface area contributed by atoms with Crippen molar-refractivity contribution in [3.05, 3.63) is 0 Å². The monoisotopic (exact) mass is 297 g/mol.